The summed E-state index contributed by atoms with van der Waals surface area (Å²) in [5.41, 5.74) is 1.11. The van der Waals surface area contributed by atoms with Gasteiger partial charge in [-0.2, -0.15) is 0 Å². The summed E-state index contributed by atoms with van der Waals surface area (Å²) in [5.74, 6) is 0.209. The van der Waals surface area contributed by atoms with Gasteiger partial charge in [-0.25, -0.2) is 13.8 Å². The van der Waals surface area contributed by atoms with Crippen LogP contribution >= 0.6 is 0 Å². The zero-order valence-electron chi connectivity index (χ0n) is 20.4. The number of rotatable bonds is 7. The van der Waals surface area contributed by atoms with Gasteiger partial charge in [-0.3, -0.25) is 14.7 Å². The van der Waals surface area contributed by atoms with Crippen LogP contribution in [-0.2, 0) is 10.3 Å². The van der Waals surface area contributed by atoms with E-state index in [2.05, 4.69) is 16.0 Å². The molecule has 0 bridgehead atoms. The van der Waals surface area contributed by atoms with E-state index < -0.39 is 5.54 Å². The van der Waals surface area contributed by atoms with Crippen molar-refractivity contribution in [2.75, 3.05) is 26.2 Å². The second-order valence-electron chi connectivity index (χ2n) is 9.60. The van der Waals surface area contributed by atoms with E-state index in [4.69, 9.17) is 4.99 Å². The lowest BCUT2D eigenvalue weighted by atomic mass is 9.82. The molecule has 7 heteroatoms. The molecule has 1 saturated heterocycles. The van der Waals surface area contributed by atoms with E-state index in [-0.39, 0.29) is 17.5 Å². The van der Waals surface area contributed by atoms with Gasteiger partial charge >= 0.3 is 0 Å². The third-order valence-corrected chi connectivity index (χ3v) is 7.40. The van der Waals surface area contributed by atoms with Crippen LogP contribution in [0.15, 0.2) is 78.0 Å². The number of piperidine rings is 1. The van der Waals surface area contributed by atoms with Crippen molar-refractivity contribution in [3.05, 3.63) is 101 Å². The van der Waals surface area contributed by atoms with Crippen molar-refractivity contribution in [2.24, 2.45) is 4.99 Å². The number of halogens is 2. The minimum atomic E-state index is -1.34. The molecule has 2 aliphatic rings. The van der Waals surface area contributed by atoms with E-state index in [1.54, 1.807) is 29.2 Å². The van der Waals surface area contributed by atoms with Crippen LogP contribution in [0, 0.1) is 11.6 Å². The Labute approximate surface area is 210 Å². The number of pyridine rings is 1. The maximum atomic E-state index is 13.9. The van der Waals surface area contributed by atoms with E-state index >= 15 is 0 Å². The average Bonchev–Trinajstić information content (AvgIpc) is 3.16. The first-order valence-electron chi connectivity index (χ1n) is 12.5. The fourth-order valence-corrected chi connectivity index (χ4v) is 5.44. The molecule has 0 N–H and O–H groups in total. The Morgan fingerprint density at radius 3 is 2.08 bits per heavy atom. The summed E-state index contributed by atoms with van der Waals surface area (Å²) in [6, 6.07) is 15.8. The number of carbonyl (C=O) groups is 1. The van der Waals surface area contributed by atoms with Crippen molar-refractivity contribution in [3.8, 4) is 0 Å². The first-order chi connectivity index (χ1) is 17.5. The van der Waals surface area contributed by atoms with Gasteiger partial charge in [0.15, 0.2) is 5.54 Å². The average molecular weight is 489 g/mol. The molecule has 3 heterocycles. The molecule has 0 aliphatic carbocycles. The number of amidine groups is 1. The maximum absolute atomic E-state index is 13.9. The van der Waals surface area contributed by atoms with Gasteiger partial charge in [-0.15, -0.1) is 0 Å². The Morgan fingerprint density at radius 1 is 0.917 bits per heavy atom. The van der Waals surface area contributed by atoms with Gasteiger partial charge in [0.05, 0.1) is 0 Å². The van der Waals surface area contributed by atoms with Crippen molar-refractivity contribution >= 4 is 11.7 Å². The van der Waals surface area contributed by atoms with Crippen LogP contribution in [0.25, 0.3) is 0 Å². The number of nitrogens with zero attached hydrogens (tertiary/aromatic N) is 4. The second-order valence-corrected chi connectivity index (χ2v) is 9.60. The molecule has 1 fully saturated rings. The lowest BCUT2D eigenvalue weighted by molar-refractivity contribution is -0.130. The third-order valence-electron chi connectivity index (χ3n) is 7.40. The van der Waals surface area contributed by atoms with Gasteiger partial charge in [-0.05, 0) is 98.8 Å². The van der Waals surface area contributed by atoms with Crippen LogP contribution < -0.4 is 0 Å². The molecule has 0 unspecified atom stereocenters. The summed E-state index contributed by atoms with van der Waals surface area (Å²) in [5, 5.41) is 0. The number of aliphatic imine (C=N–C) groups is 1. The van der Waals surface area contributed by atoms with Crippen LogP contribution in [0.1, 0.15) is 48.8 Å². The number of carbonyl (C=O) groups excluding carboxylic acids is 1. The lowest BCUT2D eigenvalue weighted by Gasteiger charge is -2.32. The van der Waals surface area contributed by atoms with Crippen LogP contribution in [0.3, 0.4) is 0 Å². The summed E-state index contributed by atoms with van der Waals surface area (Å²) in [4.78, 5) is 27.1. The molecule has 5 nitrogen and oxygen atoms in total. The van der Waals surface area contributed by atoms with Crippen molar-refractivity contribution in [1.29, 1.82) is 0 Å². The van der Waals surface area contributed by atoms with Gasteiger partial charge in [-0.1, -0.05) is 30.3 Å². The third kappa shape index (κ3) is 4.67. The largest absolute Gasteiger partial charge is 0.303 e. The number of aromatic nitrogens is 1. The highest BCUT2D eigenvalue weighted by atomic mass is 19.1. The normalized spacial score (nSPS) is 18.5. The van der Waals surface area contributed by atoms with E-state index in [1.807, 2.05) is 25.4 Å². The summed E-state index contributed by atoms with van der Waals surface area (Å²) in [7, 11) is 0. The topological polar surface area (TPSA) is 48.8 Å². The molecule has 2 aliphatic heterocycles. The van der Waals surface area contributed by atoms with Gasteiger partial charge in [0.2, 0.25) is 0 Å². The highest BCUT2D eigenvalue weighted by Gasteiger charge is 2.49. The predicted molar refractivity (Wildman–Crippen MR) is 136 cm³/mol. The van der Waals surface area contributed by atoms with Crippen LogP contribution in [0.2, 0.25) is 0 Å². The van der Waals surface area contributed by atoms with Crippen LogP contribution in [0.4, 0.5) is 8.78 Å². The number of hydrogen-bond donors (Lipinski definition) is 0. The molecule has 2 aromatic carbocycles. The first kappa shape index (κ1) is 24.3. The molecule has 3 aromatic rings. The fourth-order valence-electron chi connectivity index (χ4n) is 5.44. The summed E-state index contributed by atoms with van der Waals surface area (Å²) < 4.78 is 27.4. The second kappa shape index (κ2) is 10.3. The van der Waals surface area contributed by atoms with Crippen LogP contribution in [0.5, 0.6) is 0 Å². The number of hydrogen-bond acceptors (Lipinski definition) is 4. The van der Waals surface area contributed by atoms with Gasteiger partial charge in [0, 0.05) is 18.9 Å². The number of amides is 1. The Balaban J connectivity index is 1.26. The molecular formula is C29H30F2N4O. The van der Waals surface area contributed by atoms with Gasteiger partial charge < -0.3 is 4.90 Å². The number of benzene rings is 2. The molecule has 0 radical (unpaired) electrons. The molecule has 0 atom stereocenters. The molecule has 1 amide bonds. The molecule has 186 valence electrons. The SMILES string of the molecule is CC1=NC(c2ccc(F)cc2)(c2ccc(F)cc2)C(=O)N1CCCN1CCC(c2cccnc2)CC1. The molecule has 0 spiro atoms. The van der Waals surface area contributed by atoms with Gasteiger partial charge in [0.25, 0.3) is 5.91 Å². The zero-order valence-corrected chi connectivity index (χ0v) is 20.4. The Kier molecular flexibility index (Phi) is 6.92. The highest BCUT2D eigenvalue weighted by Crippen LogP contribution is 2.40. The van der Waals surface area contributed by atoms with E-state index in [1.165, 1.54) is 29.8 Å². The summed E-state index contributed by atoms with van der Waals surface area (Å²) >= 11 is 0. The molecule has 36 heavy (non-hydrogen) atoms. The van der Waals surface area contributed by atoms with E-state index in [0.29, 0.717) is 29.4 Å². The standard InChI is InChI=1S/C29H30F2N4O/c1-21-33-29(24-5-9-26(30)10-6-24,25-7-11-27(31)12-8-25)28(36)35(21)17-3-16-34-18-13-22(14-19-34)23-4-2-15-32-20-23/h2,4-12,15,20,22H,3,13-14,16-19H2,1H3. The Morgan fingerprint density at radius 2 is 1.53 bits per heavy atom. The van der Waals surface area contributed by atoms with E-state index in [9.17, 15) is 13.6 Å². The Hall–Kier alpha value is -3.45. The fraction of sp³-hybridized carbons (Fsp3) is 0.345. The lowest BCUT2D eigenvalue weighted by Crippen LogP contribution is -2.43. The minimum absolute atomic E-state index is 0.187. The number of likely N-dealkylation sites (tertiary alicyclic amines) is 1. The molecule has 0 saturated carbocycles. The minimum Gasteiger partial charge on any atom is -0.303 e. The van der Waals surface area contributed by atoms with Crippen molar-refractivity contribution in [3.63, 3.8) is 0 Å². The van der Waals surface area contributed by atoms with E-state index in [0.717, 1.165) is 38.9 Å². The summed E-state index contributed by atoms with van der Waals surface area (Å²) in [6.45, 7) is 5.31. The van der Waals surface area contributed by atoms with Gasteiger partial charge in [0.1, 0.15) is 17.5 Å². The van der Waals surface area contributed by atoms with Crippen molar-refractivity contribution < 1.29 is 13.6 Å². The molecule has 1 aromatic heterocycles. The predicted octanol–water partition coefficient (Wildman–Crippen LogP) is 5.13. The van der Waals surface area contributed by atoms with Crippen molar-refractivity contribution in [2.45, 2.75) is 37.6 Å². The monoisotopic (exact) mass is 488 g/mol. The molecular weight excluding hydrogens is 458 g/mol. The van der Waals surface area contributed by atoms with Crippen LogP contribution in [-0.4, -0.2) is 52.7 Å². The summed E-state index contributed by atoms with van der Waals surface area (Å²) in [6.07, 6.45) is 6.81. The highest BCUT2D eigenvalue weighted by molar-refractivity contribution is 6.09. The first-order valence-corrected chi connectivity index (χ1v) is 12.5. The Bertz CT molecular complexity index is 1170. The smallest absolute Gasteiger partial charge is 0.265 e. The maximum Gasteiger partial charge on any atom is 0.265 e. The molecule has 5 rings (SSSR count). The zero-order chi connectivity index (χ0) is 25.1. The van der Waals surface area contributed by atoms with Crippen molar-refractivity contribution in [1.82, 2.24) is 14.8 Å². The quantitative estimate of drug-likeness (QED) is 0.463.